The number of methoxy groups -OCH3 is 1. The normalized spacial score (nSPS) is 16.7. The summed E-state index contributed by atoms with van der Waals surface area (Å²) >= 11 is 0. The number of benzene rings is 2. The minimum Gasteiger partial charge on any atom is -0.466 e. The number of carbonyl (C=O) groups excluding carboxylic acids is 2. The number of aromatic nitrogens is 1. The summed E-state index contributed by atoms with van der Waals surface area (Å²) in [7, 11) is 9.50. The molecule has 1 amide bonds. The Labute approximate surface area is 262 Å². The Morgan fingerprint density at radius 2 is 1.64 bits per heavy atom. The number of pyridine rings is 1. The Bertz CT molecular complexity index is 1430. The first-order valence-corrected chi connectivity index (χ1v) is 15.3. The van der Waals surface area contributed by atoms with Crippen LogP contribution in [0, 0.1) is 12.8 Å². The third-order valence-corrected chi connectivity index (χ3v) is 8.23. The lowest BCUT2D eigenvalue weighted by Gasteiger charge is -2.32. The second-order valence-electron chi connectivity index (χ2n) is 12.0. The fourth-order valence-electron chi connectivity index (χ4n) is 5.46. The van der Waals surface area contributed by atoms with Crippen molar-refractivity contribution in [2.75, 3.05) is 58.3 Å². The minimum absolute atomic E-state index is 0.0705. The summed E-state index contributed by atoms with van der Waals surface area (Å²) < 4.78 is 10.8. The van der Waals surface area contributed by atoms with E-state index in [-0.39, 0.29) is 17.9 Å². The van der Waals surface area contributed by atoms with Crippen LogP contribution in [0.5, 0.6) is 0 Å². The van der Waals surface area contributed by atoms with Crippen molar-refractivity contribution in [2.45, 2.75) is 45.3 Å². The summed E-state index contributed by atoms with van der Waals surface area (Å²) in [6, 6.07) is 18.6. The number of likely N-dealkylation sites (N-methyl/N-ethyl adjacent to an activating group) is 1. The Morgan fingerprint density at radius 3 is 2.27 bits per heavy atom. The van der Waals surface area contributed by atoms with Gasteiger partial charge in [0.15, 0.2) is 0 Å². The fraction of sp³-hybridized carbons (Fsp3) is 0.417. The van der Waals surface area contributed by atoms with E-state index in [1.807, 2.05) is 40.3 Å². The first-order valence-electron chi connectivity index (χ1n) is 15.3. The molecule has 1 aliphatic rings. The molecule has 0 aliphatic heterocycles. The average molecular weight is 599 g/mol. The summed E-state index contributed by atoms with van der Waals surface area (Å²) in [5, 5.41) is 0. The van der Waals surface area contributed by atoms with E-state index in [1.165, 1.54) is 13.2 Å². The third kappa shape index (κ3) is 9.00. The minimum atomic E-state index is -0.437. The van der Waals surface area contributed by atoms with Gasteiger partial charge in [0.1, 0.15) is 5.82 Å². The second kappa shape index (κ2) is 15.6. The van der Waals surface area contributed by atoms with Gasteiger partial charge < -0.3 is 19.3 Å². The standard InChI is InChI=1S/C36H46N4O4/c1-26-23-30(28-10-14-32(15-11-28)39(4)5)8-9-31(26)25-40(34-24-27(19-20-37-34)7-18-35(41)43-6)36(42)29-12-16-33(17-13-29)44-22-21-38(2)3/h7-11,14-15,18-20,23-24,29,33H,12-13,16-17,21-22,25H2,1-6H3/b18-7+. The summed E-state index contributed by atoms with van der Waals surface area (Å²) in [4.78, 5) is 36.5. The van der Waals surface area contributed by atoms with Gasteiger partial charge in [-0.1, -0.05) is 30.3 Å². The van der Waals surface area contributed by atoms with Crippen molar-refractivity contribution in [2.24, 2.45) is 5.92 Å². The number of nitrogens with zero attached hydrogens (tertiary/aromatic N) is 4. The zero-order valence-corrected chi connectivity index (χ0v) is 27.0. The lowest BCUT2D eigenvalue weighted by Crippen LogP contribution is -2.39. The maximum atomic E-state index is 14.2. The van der Waals surface area contributed by atoms with Crippen LogP contribution >= 0.6 is 0 Å². The van der Waals surface area contributed by atoms with Crippen LogP contribution in [0.1, 0.15) is 42.4 Å². The van der Waals surface area contributed by atoms with E-state index in [0.717, 1.165) is 65.7 Å². The van der Waals surface area contributed by atoms with Crippen LogP contribution in [0.2, 0.25) is 0 Å². The molecule has 1 saturated carbocycles. The number of hydrogen-bond donors (Lipinski definition) is 0. The highest BCUT2D eigenvalue weighted by Crippen LogP contribution is 2.31. The lowest BCUT2D eigenvalue weighted by molar-refractivity contribution is -0.134. The molecule has 1 fully saturated rings. The van der Waals surface area contributed by atoms with Gasteiger partial charge in [-0.05, 0) is 105 Å². The van der Waals surface area contributed by atoms with E-state index in [4.69, 9.17) is 9.47 Å². The van der Waals surface area contributed by atoms with Crippen LogP contribution in [0.4, 0.5) is 11.5 Å². The molecule has 1 aliphatic carbocycles. The Kier molecular flexibility index (Phi) is 11.7. The van der Waals surface area contributed by atoms with Crippen molar-refractivity contribution >= 4 is 29.5 Å². The molecule has 1 aromatic heterocycles. The number of hydrogen-bond acceptors (Lipinski definition) is 7. The summed E-state index contributed by atoms with van der Waals surface area (Å²) in [5.74, 6) is 0.0951. The molecular weight excluding hydrogens is 552 g/mol. The predicted molar refractivity (Wildman–Crippen MR) is 178 cm³/mol. The molecule has 3 aromatic rings. The number of rotatable bonds is 12. The third-order valence-electron chi connectivity index (χ3n) is 8.23. The molecule has 2 aromatic carbocycles. The van der Waals surface area contributed by atoms with Crippen LogP contribution in [0.25, 0.3) is 17.2 Å². The Hall–Kier alpha value is -4.01. The molecule has 234 valence electrons. The molecule has 0 N–H and O–H groups in total. The molecule has 8 nitrogen and oxygen atoms in total. The highest BCUT2D eigenvalue weighted by atomic mass is 16.5. The van der Waals surface area contributed by atoms with Crippen molar-refractivity contribution in [1.82, 2.24) is 9.88 Å². The van der Waals surface area contributed by atoms with E-state index in [1.54, 1.807) is 17.2 Å². The highest BCUT2D eigenvalue weighted by molar-refractivity contribution is 5.94. The molecular formula is C36H46N4O4. The average Bonchev–Trinajstić information content (AvgIpc) is 3.03. The van der Waals surface area contributed by atoms with Gasteiger partial charge in [-0.15, -0.1) is 0 Å². The monoisotopic (exact) mass is 598 g/mol. The molecule has 0 saturated heterocycles. The van der Waals surface area contributed by atoms with Gasteiger partial charge in [-0.3, -0.25) is 9.69 Å². The van der Waals surface area contributed by atoms with Gasteiger partial charge in [0, 0.05) is 44.5 Å². The number of carbonyl (C=O) groups is 2. The van der Waals surface area contributed by atoms with Gasteiger partial charge in [-0.25, -0.2) is 9.78 Å². The van der Waals surface area contributed by atoms with Gasteiger partial charge >= 0.3 is 5.97 Å². The molecule has 0 atom stereocenters. The highest BCUT2D eigenvalue weighted by Gasteiger charge is 2.31. The summed E-state index contributed by atoms with van der Waals surface area (Å²) in [6.07, 6.45) is 8.22. The number of aryl methyl sites for hydroxylation is 1. The Morgan fingerprint density at radius 1 is 0.932 bits per heavy atom. The zero-order chi connectivity index (χ0) is 31.6. The van der Waals surface area contributed by atoms with E-state index < -0.39 is 5.97 Å². The molecule has 0 spiro atoms. The molecule has 8 heteroatoms. The van der Waals surface area contributed by atoms with E-state index in [9.17, 15) is 9.59 Å². The van der Waals surface area contributed by atoms with E-state index >= 15 is 0 Å². The van der Waals surface area contributed by atoms with E-state index in [0.29, 0.717) is 19.0 Å². The molecule has 0 unspecified atom stereocenters. The van der Waals surface area contributed by atoms with Crippen molar-refractivity contribution in [3.8, 4) is 11.1 Å². The van der Waals surface area contributed by atoms with Crippen LogP contribution in [0.3, 0.4) is 0 Å². The van der Waals surface area contributed by atoms with Crippen molar-refractivity contribution in [1.29, 1.82) is 0 Å². The topological polar surface area (TPSA) is 75.2 Å². The maximum Gasteiger partial charge on any atom is 0.330 e. The fourth-order valence-corrected chi connectivity index (χ4v) is 5.46. The summed E-state index contributed by atoms with van der Waals surface area (Å²) in [5.41, 5.74) is 6.37. The molecule has 1 heterocycles. The maximum absolute atomic E-state index is 14.2. The molecule has 44 heavy (non-hydrogen) atoms. The number of ether oxygens (including phenoxy) is 2. The first kappa shape index (κ1) is 32.9. The first-order chi connectivity index (χ1) is 21.1. The second-order valence-corrected chi connectivity index (χ2v) is 12.0. The number of anilines is 2. The van der Waals surface area contributed by atoms with Crippen molar-refractivity contribution < 1.29 is 19.1 Å². The quantitative estimate of drug-likeness (QED) is 0.188. The van der Waals surface area contributed by atoms with Gasteiger partial charge in [0.25, 0.3) is 0 Å². The van der Waals surface area contributed by atoms with Gasteiger partial charge in [0.2, 0.25) is 5.91 Å². The smallest absolute Gasteiger partial charge is 0.330 e. The van der Waals surface area contributed by atoms with Crippen molar-refractivity contribution in [3.63, 3.8) is 0 Å². The Balaban J connectivity index is 1.56. The molecule has 0 radical (unpaired) electrons. The van der Waals surface area contributed by atoms with Crippen LogP contribution < -0.4 is 9.80 Å². The van der Waals surface area contributed by atoms with Gasteiger partial charge in [0.05, 0.1) is 26.4 Å². The molecule has 4 rings (SSSR count). The van der Waals surface area contributed by atoms with E-state index in [2.05, 4.69) is 64.2 Å². The van der Waals surface area contributed by atoms with Crippen LogP contribution in [-0.4, -0.2) is 76.3 Å². The van der Waals surface area contributed by atoms with Gasteiger partial charge in [-0.2, -0.15) is 0 Å². The lowest BCUT2D eigenvalue weighted by atomic mass is 9.86. The van der Waals surface area contributed by atoms with Crippen LogP contribution in [-0.2, 0) is 25.6 Å². The number of esters is 1. The van der Waals surface area contributed by atoms with Crippen LogP contribution in [0.15, 0.2) is 66.9 Å². The predicted octanol–water partition coefficient (Wildman–Crippen LogP) is 5.98. The summed E-state index contributed by atoms with van der Waals surface area (Å²) in [6.45, 7) is 4.09. The number of amides is 1. The SMILES string of the molecule is COC(=O)/C=C/c1ccnc(N(Cc2ccc(-c3ccc(N(C)C)cc3)cc2C)C(=O)C2CCC(OCCN(C)C)CC2)c1. The molecule has 0 bridgehead atoms. The largest absolute Gasteiger partial charge is 0.466 e. The zero-order valence-electron chi connectivity index (χ0n) is 27.0. The van der Waals surface area contributed by atoms with Crippen molar-refractivity contribution in [3.05, 3.63) is 83.6 Å².